The molecule has 1 saturated heterocycles. The number of nitrogens with zero attached hydrogens (tertiary/aromatic N) is 3. The Labute approximate surface area is 160 Å². The zero-order valence-corrected chi connectivity index (χ0v) is 16.5. The van der Waals surface area contributed by atoms with E-state index in [2.05, 4.69) is 32.9 Å². The summed E-state index contributed by atoms with van der Waals surface area (Å²) in [6.07, 6.45) is 1.93. The van der Waals surface area contributed by atoms with Crippen molar-refractivity contribution in [3.8, 4) is 0 Å². The molecule has 9 nitrogen and oxygen atoms in total. The van der Waals surface area contributed by atoms with Gasteiger partial charge in [0.1, 0.15) is 16.0 Å². The van der Waals surface area contributed by atoms with Crippen LogP contribution >= 0.6 is 15.9 Å². The number of amides is 2. The van der Waals surface area contributed by atoms with Gasteiger partial charge in [0.2, 0.25) is 5.91 Å². The Kier molecular flexibility index (Phi) is 7.18. The number of halogens is 1. The first-order valence-electron chi connectivity index (χ1n) is 8.17. The zero-order chi connectivity index (χ0) is 19.3. The van der Waals surface area contributed by atoms with Gasteiger partial charge in [0.25, 0.3) is 5.91 Å². The topological polar surface area (TPSA) is 112 Å². The predicted molar refractivity (Wildman–Crippen MR) is 100 cm³/mol. The lowest BCUT2D eigenvalue weighted by atomic mass is 10.2. The molecule has 1 aliphatic rings. The molecule has 0 bridgehead atoms. The maximum atomic E-state index is 12.2. The van der Waals surface area contributed by atoms with E-state index in [9.17, 15) is 9.59 Å². The maximum absolute atomic E-state index is 12.2. The van der Waals surface area contributed by atoms with Crippen LogP contribution in [-0.4, -0.2) is 73.1 Å². The van der Waals surface area contributed by atoms with Crippen molar-refractivity contribution >= 4 is 33.6 Å². The molecule has 1 fully saturated rings. The molecule has 2 heterocycles. The van der Waals surface area contributed by atoms with E-state index in [1.807, 2.05) is 0 Å². The molecular formula is C16H24BrN5O4. The second-order valence-corrected chi connectivity index (χ2v) is 6.69. The number of likely N-dealkylation sites (tertiary alicyclic amines) is 1. The molecule has 2 rings (SSSR count). The van der Waals surface area contributed by atoms with E-state index in [1.54, 1.807) is 23.8 Å². The van der Waals surface area contributed by atoms with Crippen LogP contribution in [0.25, 0.3) is 0 Å². The van der Waals surface area contributed by atoms with Crippen molar-refractivity contribution in [3.63, 3.8) is 0 Å². The Morgan fingerprint density at radius 2 is 2.19 bits per heavy atom. The standard InChI is InChI=1S/C16H24BrN5O4/c1-4-12(23)21-8-10(7-11(21)9-26-3)22-16(19-5-6-25-2)13(15(18)24)14(17)20-22/h4,10-11,19H,1,5-9H2,2-3H3,(H2,18,24)/t10-,11+/m0/s1. The molecule has 1 aromatic heterocycles. The first kappa shape index (κ1) is 20.4. The number of nitrogens with two attached hydrogens (primary N) is 1. The summed E-state index contributed by atoms with van der Waals surface area (Å²) in [6, 6.07) is -0.226. The molecule has 144 valence electrons. The first-order valence-corrected chi connectivity index (χ1v) is 8.96. The quantitative estimate of drug-likeness (QED) is 0.443. The second kappa shape index (κ2) is 9.15. The van der Waals surface area contributed by atoms with E-state index in [4.69, 9.17) is 15.2 Å². The molecular weight excluding hydrogens is 406 g/mol. The van der Waals surface area contributed by atoms with E-state index < -0.39 is 5.91 Å². The summed E-state index contributed by atoms with van der Waals surface area (Å²) < 4.78 is 12.4. The fourth-order valence-electron chi connectivity index (χ4n) is 3.14. The summed E-state index contributed by atoms with van der Waals surface area (Å²) in [5.74, 6) is -0.242. The molecule has 1 aliphatic heterocycles. The zero-order valence-electron chi connectivity index (χ0n) is 14.9. The van der Waals surface area contributed by atoms with E-state index in [1.165, 1.54) is 6.08 Å². The SMILES string of the molecule is C=CC(=O)N1C[C@@H](n2nc(Br)c(C(N)=O)c2NCCOC)C[C@@H]1COC. The minimum absolute atomic E-state index is 0.0951. The van der Waals surface area contributed by atoms with E-state index >= 15 is 0 Å². The number of primary amides is 1. The highest BCUT2D eigenvalue weighted by Crippen LogP contribution is 2.34. The molecule has 2 amide bonds. The average molecular weight is 430 g/mol. The van der Waals surface area contributed by atoms with Crippen molar-refractivity contribution in [2.24, 2.45) is 5.73 Å². The van der Waals surface area contributed by atoms with Crippen LogP contribution in [-0.2, 0) is 14.3 Å². The van der Waals surface area contributed by atoms with Gasteiger partial charge in [-0.25, -0.2) is 4.68 Å². The Morgan fingerprint density at radius 3 is 2.77 bits per heavy atom. The van der Waals surface area contributed by atoms with Gasteiger partial charge in [-0.1, -0.05) is 6.58 Å². The Hall–Kier alpha value is -1.91. The van der Waals surface area contributed by atoms with Crippen LogP contribution in [0.2, 0.25) is 0 Å². The van der Waals surface area contributed by atoms with Crippen LogP contribution in [0.1, 0.15) is 22.8 Å². The van der Waals surface area contributed by atoms with Crippen LogP contribution in [0.4, 0.5) is 5.82 Å². The molecule has 0 saturated carbocycles. The van der Waals surface area contributed by atoms with E-state index in [0.717, 1.165) is 0 Å². The number of carbonyl (C=O) groups is 2. The van der Waals surface area contributed by atoms with Gasteiger partial charge >= 0.3 is 0 Å². The van der Waals surface area contributed by atoms with E-state index in [-0.39, 0.29) is 23.6 Å². The number of ether oxygens (including phenoxy) is 2. The Balaban J connectivity index is 2.34. The van der Waals surface area contributed by atoms with Crippen molar-refractivity contribution in [1.29, 1.82) is 0 Å². The largest absolute Gasteiger partial charge is 0.383 e. The highest BCUT2D eigenvalue weighted by atomic mass is 79.9. The minimum Gasteiger partial charge on any atom is -0.383 e. The van der Waals surface area contributed by atoms with Gasteiger partial charge in [-0.2, -0.15) is 5.10 Å². The molecule has 0 aromatic carbocycles. The number of anilines is 1. The number of hydrogen-bond donors (Lipinski definition) is 2. The fraction of sp³-hybridized carbons (Fsp3) is 0.562. The van der Waals surface area contributed by atoms with Crippen LogP contribution < -0.4 is 11.1 Å². The lowest BCUT2D eigenvalue weighted by molar-refractivity contribution is -0.127. The molecule has 0 radical (unpaired) electrons. The summed E-state index contributed by atoms with van der Waals surface area (Å²) in [7, 11) is 3.19. The van der Waals surface area contributed by atoms with Crippen molar-refractivity contribution in [3.05, 3.63) is 22.8 Å². The smallest absolute Gasteiger partial charge is 0.255 e. The third kappa shape index (κ3) is 4.25. The number of nitrogens with one attached hydrogen (secondary N) is 1. The van der Waals surface area contributed by atoms with Gasteiger partial charge in [-0.3, -0.25) is 9.59 Å². The number of methoxy groups -OCH3 is 2. The highest BCUT2D eigenvalue weighted by Gasteiger charge is 2.37. The number of rotatable bonds is 9. The molecule has 0 spiro atoms. The summed E-state index contributed by atoms with van der Waals surface area (Å²) in [6.45, 7) is 5.34. The summed E-state index contributed by atoms with van der Waals surface area (Å²) >= 11 is 3.30. The van der Waals surface area contributed by atoms with E-state index in [0.29, 0.717) is 43.1 Å². The van der Waals surface area contributed by atoms with Crippen molar-refractivity contribution in [2.75, 3.05) is 45.8 Å². The second-order valence-electron chi connectivity index (χ2n) is 5.94. The monoisotopic (exact) mass is 429 g/mol. The highest BCUT2D eigenvalue weighted by molar-refractivity contribution is 9.10. The number of carbonyl (C=O) groups excluding carboxylic acids is 2. The van der Waals surface area contributed by atoms with Crippen LogP contribution in [0, 0.1) is 0 Å². The van der Waals surface area contributed by atoms with Crippen LogP contribution in [0.5, 0.6) is 0 Å². The minimum atomic E-state index is -0.589. The van der Waals surface area contributed by atoms with Gasteiger partial charge in [-0.15, -0.1) is 0 Å². The maximum Gasteiger partial charge on any atom is 0.255 e. The van der Waals surface area contributed by atoms with Gasteiger partial charge in [0, 0.05) is 27.3 Å². The molecule has 1 aromatic rings. The van der Waals surface area contributed by atoms with Gasteiger partial charge in [0.15, 0.2) is 0 Å². The lowest BCUT2D eigenvalue weighted by Crippen LogP contribution is -2.37. The fourth-order valence-corrected chi connectivity index (χ4v) is 3.69. The summed E-state index contributed by atoms with van der Waals surface area (Å²) in [5, 5.41) is 7.59. The Morgan fingerprint density at radius 1 is 1.46 bits per heavy atom. The van der Waals surface area contributed by atoms with Crippen molar-refractivity contribution < 1.29 is 19.1 Å². The van der Waals surface area contributed by atoms with Gasteiger partial charge in [-0.05, 0) is 28.4 Å². The normalized spacial score (nSPS) is 19.6. The average Bonchev–Trinajstić information content (AvgIpc) is 3.16. The number of aromatic nitrogens is 2. The van der Waals surface area contributed by atoms with Gasteiger partial charge < -0.3 is 25.4 Å². The lowest BCUT2D eigenvalue weighted by Gasteiger charge is -2.22. The van der Waals surface area contributed by atoms with Crippen molar-refractivity contribution in [1.82, 2.24) is 14.7 Å². The molecule has 2 atom stereocenters. The summed E-state index contributed by atoms with van der Waals surface area (Å²) in [5.41, 5.74) is 5.79. The van der Waals surface area contributed by atoms with Crippen LogP contribution in [0.3, 0.4) is 0 Å². The third-order valence-electron chi connectivity index (χ3n) is 4.27. The number of hydrogen-bond acceptors (Lipinski definition) is 6. The third-order valence-corrected chi connectivity index (χ3v) is 4.82. The molecule has 0 unspecified atom stereocenters. The molecule has 10 heteroatoms. The molecule has 26 heavy (non-hydrogen) atoms. The predicted octanol–water partition coefficient (Wildman–Crippen LogP) is 0.777. The Bertz CT molecular complexity index is 678. The van der Waals surface area contributed by atoms with Gasteiger partial charge in [0.05, 0.1) is 25.3 Å². The molecule has 3 N–H and O–H groups in total. The summed E-state index contributed by atoms with van der Waals surface area (Å²) in [4.78, 5) is 25.7. The first-order chi connectivity index (χ1) is 12.4. The van der Waals surface area contributed by atoms with Crippen LogP contribution in [0.15, 0.2) is 17.3 Å². The molecule has 0 aliphatic carbocycles. The van der Waals surface area contributed by atoms with Crippen molar-refractivity contribution in [2.45, 2.75) is 18.5 Å².